The number of hydrogen-bond acceptors (Lipinski definition) is 4. The van der Waals surface area contributed by atoms with Crippen molar-refractivity contribution in [1.82, 2.24) is 4.90 Å². The fourth-order valence-corrected chi connectivity index (χ4v) is 1.94. The predicted molar refractivity (Wildman–Crippen MR) is 63.9 cm³/mol. The molecule has 0 aromatic heterocycles. The van der Waals surface area contributed by atoms with Gasteiger partial charge in [0.05, 0.1) is 7.11 Å². The Bertz CT molecular complexity index is 484. The van der Waals surface area contributed by atoms with Gasteiger partial charge in [0.1, 0.15) is 5.75 Å². The number of rotatable bonds is 3. The van der Waals surface area contributed by atoms with Gasteiger partial charge in [-0.05, 0) is 11.6 Å². The summed E-state index contributed by atoms with van der Waals surface area (Å²) in [6.07, 6.45) is 0. The largest absolute Gasteiger partial charge is 0.482 e. The van der Waals surface area contributed by atoms with Crippen LogP contribution in [-0.4, -0.2) is 30.5 Å². The Morgan fingerprint density at radius 1 is 1.33 bits per heavy atom. The summed E-state index contributed by atoms with van der Waals surface area (Å²) in [5.74, 6) is 0.251. The van der Waals surface area contributed by atoms with Crippen LogP contribution in [0.4, 0.5) is 0 Å². The molecule has 1 aromatic carbocycles. The molecule has 1 amide bonds. The SMILES string of the molecule is COC(=O)COc1cccc2c1CN(C(C)=O)C2. The van der Waals surface area contributed by atoms with E-state index < -0.39 is 5.97 Å². The van der Waals surface area contributed by atoms with Gasteiger partial charge in [-0.3, -0.25) is 4.79 Å². The Balaban J connectivity index is 2.13. The van der Waals surface area contributed by atoms with Gasteiger partial charge in [0.15, 0.2) is 6.61 Å². The molecular weight excluding hydrogens is 234 g/mol. The molecule has 0 saturated heterocycles. The van der Waals surface area contributed by atoms with E-state index in [4.69, 9.17) is 4.74 Å². The van der Waals surface area contributed by atoms with Crippen LogP contribution in [-0.2, 0) is 27.4 Å². The van der Waals surface area contributed by atoms with Crippen LogP contribution in [0.2, 0.25) is 0 Å². The van der Waals surface area contributed by atoms with Gasteiger partial charge >= 0.3 is 5.97 Å². The normalized spacial score (nSPS) is 13.1. The van der Waals surface area contributed by atoms with E-state index in [2.05, 4.69) is 4.74 Å². The molecular formula is C13H15NO4. The summed E-state index contributed by atoms with van der Waals surface area (Å²) in [7, 11) is 1.32. The molecule has 0 saturated carbocycles. The Kier molecular flexibility index (Phi) is 3.50. The third kappa shape index (κ3) is 2.45. The minimum absolute atomic E-state index is 0.0325. The lowest BCUT2D eigenvalue weighted by atomic mass is 10.1. The Labute approximate surface area is 105 Å². The first-order valence-corrected chi connectivity index (χ1v) is 5.67. The van der Waals surface area contributed by atoms with Crippen LogP contribution in [0, 0.1) is 0 Å². The molecule has 5 heteroatoms. The Morgan fingerprint density at radius 3 is 2.78 bits per heavy atom. The summed E-state index contributed by atoms with van der Waals surface area (Å²) in [6, 6.07) is 5.61. The van der Waals surface area contributed by atoms with Crippen LogP contribution in [0.3, 0.4) is 0 Å². The van der Waals surface area contributed by atoms with Crippen molar-refractivity contribution in [3.8, 4) is 5.75 Å². The average Bonchev–Trinajstić information content (AvgIpc) is 2.80. The predicted octanol–water partition coefficient (Wildman–Crippen LogP) is 1.10. The van der Waals surface area contributed by atoms with Crippen LogP contribution in [0.15, 0.2) is 18.2 Å². The summed E-state index contributed by atoms with van der Waals surface area (Å²) in [6.45, 7) is 2.55. The Hall–Kier alpha value is -2.04. The zero-order valence-electron chi connectivity index (χ0n) is 10.4. The molecule has 1 aliphatic heterocycles. The van der Waals surface area contributed by atoms with Crippen molar-refractivity contribution in [3.63, 3.8) is 0 Å². The maximum atomic E-state index is 11.3. The van der Waals surface area contributed by atoms with Crippen LogP contribution < -0.4 is 4.74 Å². The lowest BCUT2D eigenvalue weighted by Crippen LogP contribution is -2.21. The lowest BCUT2D eigenvalue weighted by molar-refractivity contribution is -0.143. The molecule has 0 N–H and O–H groups in total. The second kappa shape index (κ2) is 5.08. The van der Waals surface area contributed by atoms with Gasteiger partial charge < -0.3 is 14.4 Å². The summed E-state index contributed by atoms with van der Waals surface area (Å²) >= 11 is 0. The minimum atomic E-state index is -0.422. The van der Waals surface area contributed by atoms with Crippen molar-refractivity contribution in [2.75, 3.05) is 13.7 Å². The topological polar surface area (TPSA) is 55.8 Å². The van der Waals surface area contributed by atoms with Gasteiger partial charge in [-0.1, -0.05) is 12.1 Å². The van der Waals surface area contributed by atoms with Gasteiger partial charge in [-0.2, -0.15) is 0 Å². The van der Waals surface area contributed by atoms with E-state index >= 15 is 0 Å². The van der Waals surface area contributed by atoms with E-state index in [1.54, 1.807) is 17.9 Å². The fraction of sp³-hybridized carbons (Fsp3) is 0.385. The highest BCUT2D eigenvalue weighted by Crippen LogP contribution is 2.30. The summed E-state index contributed by atoms with van der Waals surface area (Å²) in [4.78, 5) is 24.1. The second-order valence-electron chi connectivity index (χ2n) is 4.13. The van der Waals surface area contributed by atoms with Crippen molar-refractivity contribution in [2.45, 2.75) is 20.0 Å². The number of ether oxygens (including phenoxy) is 2. The van der Waals surface area contributed by atoms with Gasteiger partial charge in [-0.25, -0.2) is 4.79 Å². The summed E-state index contributed by atoms with van der Waals surface area (Å²) in [5.41, 5.74) is 2.03. The second-order valence-corrected chi connectivity index (χ2v) is 4.13. The minimum Gasteiger partial charge on any atom is -0.482 e. The maximum absolute atomic E-state index is 11.3. The number of fused-ring (bicyclic) bond motifs is 1. The van der Waals surface area contributed by atoms with Crippen molar-refractivity contribution in [1.29, 1.82) is 0 Å². The molecule has 0 radical (unpaired) electrons. The average molecular weight is 249 g/mol. The first-order valence-electron chi connectivity index (χ1n) is 5.67. The third-order valence-electron chi connectivity index (χ3n) is 2.96. The summed E-state index contributed by atoms with van der Waals surface area (Å²) < 4.78 is 9.94. The van der Waals surface area contributed by atoms with E-state index in [0.717, 1.165) is 11.1 Å². The van der Waals surface area contributed by atoms with E-state index in [1.807, 2.05) is 12.1 Å². The van der Waals surface area contributed by atoms with Crippen molar-refractivity contribution in [2.24, 2.45) is 0 Å². The highest BCUT2D eigenvalue weighted by atomic mass is 16.6. The number of carbonyl (C=O) groups is 2. The number of carbonyl (C=O) groups excluding carboxylic acids is 2. The zero-order valence-corrected chi connectivity index (χ0v) is 10.4. The molecule has 96 valence electrons. The molecule has 0 fully saturated rings. The molecule has 0 unspecified atom stereocenters. The highest BCUT2D eigenvalue weighted by Gasteiger charge is 2.24. The monoisotopic (exact) mass is 249 g/mol. The van der Waals surface area contributed by atoms with Crippen LogP contribution >= 0.6 is 0 Å². The molecule has 1 heterocycles. The standard InChI is InChI=1S/C13H15NO4/c1-9(15)14-6-10-4-3-5-12(11(10)7-14)18-8-13(16)17-2/h3-5H,6-8H2,1-2H3. The first-order chi connectivity index (χ1) is 8.61. The molecule has 5 nitrogen and oxygen atoms in total. The van der Waals surface area contributed by atoms with Crippen LogP contribution in [0.5, 0.6) is 5.75 Å². The van der Waals surface area contributed by atoms with Crippen molar-refractivity contribution < 1.29 is 19.1 Å². The molecule has 18 heavy (non-hydrogen) atoms. The third-order valence-corrected chi connectivity index (χ3v) is 2.96. The van der Waals surface area contributed by atoms with E-state index in [0.29, 0.717) is 18.8 Å². The fourth-order valence-electron chi connectivity index (χ4n) is 1.94. The molecule has 0 spiro atoms. The van der Waals surface area contributed by atoms with Crippen LogP contribution in [0.1, 0.15) is 18.1 Å². The van der Waals surface area contributed by atoms with Crippen molar-refractivity contribution >= 4 is 11.9 Å². The molecule has 0 atom stereocenters. The van der Waals surface area contributed by atoms with Gasteiger partial charge in [0.25, 0.3) is 0 Å². The summed E-state index contributed by atoms with van der Waals surface area (Å²) in [5, 5.41) is 0. The number of esters is 1. The smallest absolute Gasteiger partial charge is 0.343 e. The van der Waals surface area contributed by atoms with Crippen LogP contribution in [0.25, 0.3) is 0 Å². The van der Waals surface area contributed by atoms with E-state index in [-0.39, 0.29) is 12.5 Å². The van der Waals surface area contributed by atoms with Crippen molar-refractivity contribution in [3.05, 3.63) is 29.3 Å². The zero-order chi connectivity index (χ0) is 13.1. The van der Waals surface area contributed by atoms with Gasteiger partial charge in [0.2, 0.25) is 5.91 Å². The van der Waals surface area contributed by atoms with E-state index in [9.17, 15) is 9.59 Å². The molecule has 1 aliphatic rings. The number of hydrogen-bond donors (Lipinski definition) is 0. The molecule has 2 rings (SSSR count). The Morgan fingerprint density at radius 2 is 2.11 bits per heavy atom. The van der Waals surface area contributed by atoms with E-state index in [1.165, 1.54) is 7.11 Å². The number of benzene rings is 1. The molecule has 0 bridgehead atoms. The molecule has 1 aromatic rings. The number of nitrogens with zero attached hydrogens (tertiary/aromatic N) is 1. The lowest BCUT2D eigenvalue weighted by Gasteiger charge is -2.12. The first kappa shape index (κ1) is 12.4. The quantitative estimate of drug-likeness (QED) is 0.753. The number of amides is 1. The highest BCUT2D eigenvalue weighted by molar-refractivity contribution is 5.74. The number of methoxy groups -OCH3 is 1. The molecule has 0 aliphatic carbocycles. The van der Waals surface area contributed by atoms with Gasteiger partial charge in [0, 0.05) is 25.6 Å². The maximum Gasteiger partial charge on any atom is 0.343 e. The van der Waals surface area contributed by atoms with Gasteiger partial charge in [-0.15, -0.1) is 0 Å².